The smallest absolute Gasteiger partial charge is 0.259 e. The van der Waals surface area contributed by atoms with Gasteiger partial charge in [-0.3, -0.25) is 4.79 Å². The van der Waals surface area contributed by atoms with Crippen molar-refractivity contribution in [3.05, 3.63) is 95.3 Å². The third-order valence-corrected chi connectivity index (χ3v) is 6.05. The van der Waals surface area contributed by atoms with Gasteiger partial charge >= 0.3 is 0 Å². The van der Waals surface area contributed by atoms with Crippen molar-refractivity contribution in [2.24, 2.45) is 0 Å². The van der Waals surface area contributed by atoms with E-state index in [4.69, 9.17) is 4.98 Å². The summed E-state index contributed by atoms with van der Waals surface area (Å²) in [4.78, 5) is 20.6. The van der Waals surface area contributed by atoms with E-state index in [9.17, 15) is 9.18 Å². The first-order valence-electron chi connectivity index (χ1n) is 10.6. The Balaban J connectivity index is 1.69. The van der Waals surface area contributed by atoms with Crippen LogP contribution in [0.4, 0.5) is 10.1 Å². The summed E-state index contributed by atoms with van der Waals surface area (Å²) in [6, 6.07) is 22.5. The van der Waals surface area contributed by atoms with Gasteiger partial charge < -0.3 is 4.90 Å². The highest BCUT2D eigenvalue weighted by Gasteiger charge is 2.30. The average molecular weight is 410 g/mol. The van der Waals surface area contributed by atoms with E-state index >= 15 is 0 Å². The summed E-state index contributed by atoms with van der Waals surface area (Å²) >= 11 is 0. The highest BCUT2D eigenvalue weighted by molar-refractivity contribution is 6.15. The van der Waals surface area contributed by atoms with Crippen molar-refractivity contribution in [1.82, 2.24) is 4.98 Å². The lowest BCUT2D eigenvalue weighted by Gasteiger charge is -2.35. The Kier molecular flexibility index (Phi) is 4.78. The number of pyridine rings is 1. The van der Waals surface area contributed by atoms with Crippen LogP contribution in [0.2, 0.25) is 0 Å². The van der Waals surface area contributed by atoms with E-state index < -0.39 is 0 Å². The quantitative estimate of drug-likeness (QED) is 0.387. The van der Waals surface area contributed by atoms with Crippen molar-refractivity contribution in [1.29, 1.82) is 0 Å². The van der Waals surface area contributed by atoms with Crippen molar-refractivity contribution in [3.63, 3.8) is 0 Å². The lowest BCUT2D eigenvalue weighted by Crippen LogP contribution is -2.42. The summed E-state index contributed by atoms with van der Waals surface area (Å²) < 4.78 is 13.8. The first-order valence-corrected chi connectivity index (χ1v) is 10.6. The van der Waals surface area contributed by atoms with Crippen LogP contribution in [0.5, 0.6) is 0 Å². The van der Waals surface area contributed by atoms with Crippen LogP contribution in [0.25, 0.3) is 22.2 Å². The van der Waals surface area contributed by atoms with Gasteiger partial charge in [0.15, 0.2) is 0 Å². The molecule has 3 aromatic carbocycles. The number of carbonyl (C=O) groups is 1. The maximum Gasteiger partial charge on any atom is 0.259 e. The third kappa shape index (κ3) is 3.48. The molecular weight excluding hydrogens is 387 g/mol. The number of hydrogen-bond donors (Lipinski definition) is 0. The summed E-state index contributed by atoms with van der Waals surface area (Å²) in [7, 11) is 0. The molecule has 0 radical (unpaired) electrons. The van der Waals surface area contributed by atoms with Crippen LogP contribution < -0.4 is 4.90 Å². The van der Waals surface area contributed by atoms with Crippen LogP contribution in [0.3, 0.4) is 0 Å². The topological polar surface area (TPSA) is 33.2 Å². The summed E-state index contributed by atoms with van der Waals surface area (Å²) in [5, 5.41) is 0.824. The molecular formula is C27H23FN2O. The van der Waals surface area contributed by atoms with E-state index in [1.807, 2.05) is 60.4 Å². The molecule has 0 fully saturated rings. The number of aromatic nitrogens is 1. The number of carbonyl (C=O) groups excluding carboxylic acids is 1. The van der Waals surface area contributed by atoms with Gasteiger partial charge in [-0.05, 0) is 68.7 Å². The number of nitrogens with zero attached hydrogens (tertiary/aromatic N) is 2. The van der Waals surface area contributed by atoms with E-state index in [0.717, 1.165) is 51.8 Å². The standard InChI is InChI=1S/C27H23FN2O/c1-17-6-5-7-19(14-17)25-16-23(22-8-3-4-9-24(22)29-25)27(31)30-18(2)10-11-20-15-21(28)12-13-26(20)30/h3-9,12-16,18H,10-11H2,1-2H3. The normalized spacial score (nSPS) is 15.7. The van der Waals surface area contributed by atoms with Crippen molar-refractivity contribution >= 4 is 22.5 Å². The second-order valence-electron chi connectivity index (χ2n) is 8.28. The molecule has 1 unspecified atom stereocenters. The van der Waals surface area contributed by atoms with Gasteiger partial charge in [0, 0.05) is 22.7 Å². The fourth-order valence-corrected chi connectivity index (χ4v) is 4.46. The number of para-hydroxylation sites is 1. The van der Waals surface area contributed by atoms with Gasteiger partial charge in [-0.15, -0.1) is 0 Å². The molecule has 1 aliphatic heterocycles. The Morgan fingerprint density at radius 3 is 2.71 bits per heavy atom. The molecule has 0 N–H and O–H groups in total. The van der Waals surface area contributed by atoms with E-state index in [2.05, 4.69) is 13.0 Å². The van der Waals surface area contributed by atoms with Crippen LogP contribution in [-0.4, -0.2) is 16.9 Å². The molecule has 1 atom stereocenters. The maximum atomic E-state index is 13.9. The molecule has 31 heavy (non-hydrogen) atoms. The number of halogens is 1. The molecule has 0 bridgehead atoms. The highest BCUT2D eigenvalue weighted by Crippen LogP contribution is 2.34. The van der Waals surface area contributed by atoms with Crippen molar-refractivity contribution < 1.29 is 9.18 Å². The minimum atomic E-state index is -0.267. The number of benzene rings is 3. The lowest BCUT2D eigenvalue weighted by molar-refractivity contribution is 0.0976. The Morgan fingerprint density at radius 1 is 1.03 bits per heavy atom. The zero-order valence-corrected chi connectivity index (χ0v) is 17.6. The van der Waals surface area contributed by atoms with Gasteiger partial charge in [0.25, 0.3) is 5.91 Å². The fourth-order valence-electron chi connectivity index (χ4n) is 4.46. The molecule has 0 aliphatic carbocycles. The summed E-state index contributed by atoms with van der Waals surface area (Å²) in [6.45, 7) is 4.09. The number of fused-ring (bicyclic) bond motifs is 2. The molecule has 154 valence electrons. The maximum absolute atomic E-state index is 13.9. The largest absolute Gasteiger partial charge is 0.305 e. The van der Waals surface area contributed by atoms with Crippen molar-refractivity contribution in [2.45, 2.75) is 32.7 Å². The van der Waals surface area contributed by atoms with Gasteiger partial charge in [-0.1, -0.05) is 42.0 Å². The molecule has 1 aromatic heterocycles. The van der Waals surface area contributed by atoms with Gasteiger partial charge in [0.1, 0.15) is 5.82 Å². The molecule has 1 aliphatic rings. The fraction of sp³-hybridized carbons (Fsp3) is 0.185. The molecule has 4 heteroatoms. The van der Waals surface area contributed by atoms with Crippen LogP contribution in [0.1, 0.15) is 34.8 Å². The van der Waals surface area contributed by atoms with E-state index in [0.29, 0.717) is 5.56 Å². The zero-order chi connectivity index (χ0) is 21.5. The summed E-state index contributed by atoms with van der Waals surface area (Å²) in [6.07, 6.45) is 1.57. The molecule has 3 nitrogen and oxygen atoms in total. The molecule has 4 aromatic rings. The monoisotopic (exact) mass is 410 g/mol. The van der Waals surface area contributed by atoms with Gasteiger partial charge in [0.05, 0.1) is 16.8 Å². The molecule has 0 saturated heterocycles. The van der Waals surface area contributed by atoms with E-state index in [1.54, 1.807) is 12.1 Å². The van der Waals surface area contributed by atoms with Crippen molar-refractivity contribution in [2.75, 3.05) is 4.90 Å². The second-order valence-corrected chi connectivity index (χ2v) is 8.28. The average Bonchev–Trinajstić information content (AvgIpc) is 2.78. The predicted molar refractivity (Wildman–Crippen MR) is 123 cm³/mol. The SMILES string of the molecule is Cc1cccc(-c2cc(C(=O)N3c4ccc(F)cc4CCC3C)c3ccccc3n2)c1. The lowest BCUT2D eigenvalue weighted by atomic mass is 9.94. The molecule has 1 amide bonds. The number of anilines is 1. The zero-order valence-electron chi connectivity index (χ0n) is 17.6. The van der Waals surface area contributed by atoms with E-state index in [1.165, 1.54) is 6.07 Å². The van der Waals surface area contributed by atoms with E-state index in [-0.39, 0.29) is 17.8 Å². The number of amides is 1. The van der Waals surface area contributed by atoms with Crippen molar-refractivity contribution in [3.8, 4) is 11.3 Å². The summed E-state index contributed by atoms with van der Waals surface area (Å²) in [5.74, 6) is -0.343. The molecule has 0 spiro atoms. The molecule has 5 rings (SSSR count). The second kappa shape index (κ2) is 7.62. The molecule has 2 heterocycles. The predicted octanol–water partition coefficient (Wildman–Crippen LogP) is 6.33. The number of aryl methyl sites for hydroxylation is 2. The first-order chi connectivity index (χ1) is 15.0. The van der Waals surface area contributed by atoms with Crippen LogP contribution in [0.15, 0.2) is 72.8 Å². The Bertz CT molecular complexity index is 1310. The summed E-state index contributed by atoms with van der Waals surface area (Å²) in [5.41, 5.74) is 5.97. The van der Waals surface area contributed by atoms with Crippen LogP contribution >= 0.6 is 0 Å². The Hall–Kier alpha value is -3.53. The van der Waals surface area contributed by atoms with Crippen LogP contribution in [-0.2, 0) is 6.42 Å². The third-order valence-electron chi connectivity index (χ3n) is 6.05. The number of rotatable bonds is 2. The van der Waals surface area contributed by atoms with Gasteiger partial charge in [0.2, 0.25) is 0 Å². The minimum absolute atomic E-state index is 0.0276. The number of hydrogen-bond acceptors (Lipinski definition) is 2. The molecule has 0 saturated carbocycles. The first kappa shape index (κ1) is 19.4. The van der Waals surface area contributed by atoms with Gasteiger partial charge in [-0.25, -0.2) is 9.37 Å². The van der Waals surface area contributed by atoms with Crippen LogP contribution in [0, 0.1) is 12.7 Å². The highest BCUT2D eigenvalue weighted by atomic mass is 19.1. The van der Waals surface area contributed by atoms with Gasteiger partial charge in [-0.2, -0.15) is 0 Å². The Labute approximate surface area is 181 Å². The minimum Gasteiger partial charge on any atom is -0.305 e. The Morgan fingerprint density at radius 2 is 1.87 bits per heavy atom.